The van der Waals surface area contributed by atoms with E-state index >= 15 is 0 Å². The Morgan fingerprint density at radius 1 is 1.38 bits per heavy atom. The number of rotatable bonds is 5. The van der Waals surface area contributed by atoms with Crippen LogP contribution in [0.3, 0.4) is 0 Å². The molecule has 2 saturated carbocycles. The monoisotopic (exact) mass is 179 g/mol. The van der Waals surface area contributed by atoms with E-state index in [1.165, 1.54) is 37.8 Å². The Bertz CT molecular complexity index is 205. The molecule has 13 heavy (non-hydrogen) atoms. The third-order valence-electron chi connectivity index (χ3n) is 3.47. The van der Waals surface area contributed by atoms with Crippen LogP contribution in [-0.4, -0.2) is 13.1 Å². The normalized spacial score (nSPS) is 24.2. The largest absolute Gasteiger partial charge is 0.313 e. The molecule has 2 aliphatic carbocycles. The van der Waals surface area contributed by atoms with Crippen LogP contribution in [0.2, 0.25) is 0 Å². The minimum absolute atomic E-state index is 0.759. The molecule has 2 rings (SSSR count). The summed E-state index contributed by atoms with van der Waals surface area (Å²) in [6, 6.07) is 0. The molecule has 2 fully saturated rings. The number of allylic oxidation sites excluding steroid dienone is 1. The fourth-order valence-electron chi connectivity index (χ4n) is 2.18. The van der Waals surface area contributed by atoms with Gasteiger partial charge in [0.25, 0.3) is 0 Å². The van der Waals surface area contributed by atoms with Gasteiger partial charge in [0.1, 0.15) is 0 Å². The van der Waals surface area contributed by atoms with Gasteiger partial charge in [-0.05, 0) is 50.9 Å². The average molecular weight is 179 g/mol. The molecule has 1 N–H and O–H groups in total. The summed E-state index contributed by atoms with van der Waals surface area (Å²) in [5.41, 5.74) is 2.18. The van der Waals surface area contributed by atoms with Crippen molar-refractivity contribution in [1.82, 2.24) is 5.32 Å². The molecule has 0 atom stereocenters. The summed E-state index contributed by atoms with van der Waals surface area (Å²) >= 11 is 0. The van der Waals surface area contributed by atoms with E-state index in [-0.39, 0.29) is 0 Å². The SMILES string of the molecule is CC(C)=CCNCC1(C2CC2)CC1. The Hall–Kier alpha value is -0.300. The molecule has 0 aromatic carbocycles. The van der Waals surface area contributed by atoms with E-state index in [9.17, 15) is 0 Å². The van der Waals surface area contributed by atoms with Crippen LogP contribution < -0.4 is 5.32 Å². The summed E-state index contributed by atoms with van der Waals surface area (Å²) in [5.74, 6) is 1.09. The molecule has 0 heterocycles. The fraction of sp³-hybridized carbons (Fsp3) is 0.833. The molecule has 0 aromatic rings. The molecule has 0 unspecified atom stereocenters. The first kappa shape index (κ1) is 9.26. The molecule has 0 radical (unpaired) electrons. The Morgan fingerprint density at radius 3 is 2.54 bits per heavy atom. The van der Waals surface area contributed by atoms with Crippen LogP contribution in [0.4, 0.5) is 0 Å². The van der Waals surface area contributed by atoms with Crippen molar-refractivity contribution in [3.8, 4) is 0 Å². The second kappa shape index (κ2) is 3.45. The van der Waals surface area contributed by atoms with Crippen LogP contribution in [0.5, 0.6) is 0 Å². The van der Waals surface area contributed by atoms with Gasteiger partial charge in [-0.1, -0.05) is 11.6 Å². The zero-order chi connectivity index (χ0) is 9.31. The van der Waals surface area contributed by atoms with Gasteiger partial charge in [-0.2, -0.15) is 0 Å². The third kappa shape index (κ3) is 2.34. The van der Waals surface area contributed by atoms with E-state index in [0.29, 0.717) is 0 Å². The minimum Gasteiger partial charge on any atom is -0.313 e. The van der Waals surface area contributed by atoms with Crippen molar-refractivity contribution in [2.75, 3.05) is 13.1 Å². The molecular weight excluding hydrogens is 158 g/mol. The maximum Gasteiger partial charge on any atom is 0.0137 e. The summed E-state index contributed by atoms with van der Waals surface area (Å²) < 4.78 is 0. The van der Waals surface area contributed by atoms with Gasteiger partial charge in [-0.15, -0.1) is 0 Å². The van der Waals surface area contributed by atoms with E-state index in [1.54, 1.807) is 0 Å². The lowest BCUT2D eigenvalue weighted by molar-refractivity contribution is 0.413. The maximum atomic E-state index is 3.56. The quantitative estimate of drug-likeness (QED) is 0.505. The predicted octanol–water partition coefficient (Wildman–Crippen LogP) is 2.73. The molecular formula is C12H21N. The molecule has 1 heteroatoms. The number of hydrogen-bond donors (Lipinski definition) is 1. The second-order valence-electron chi connectivity index (χ2n) is 5.05. The fourth-order valence-corrected chi connectivity index (χ4v) is 2.18. The summed E-state index contributed by atoms with van der Waals surface area (Å²) in [5, 5.41) is 3.56. The van der Waals surface area contributed by atoms with Gasteiger partial charge >= 0.3 is 0 Å². The van der Waals surface area contributed by atoms with Crippen molar-refractivity contribution >= 4 is 0 Å². The van der Waals surface area contributed by atoms with E-state index in [1.807, 2.05) is 0 Å². The highest BCUT2D eigenvalue weighted by atomic mass is 14.9. The molecule has 0 saturated heterocycles. The van der Waals surface area contributed by atoms with Crippen molar-refractivity contribution in [1.29, 1.82) is 0 Å². The Balaban J connectivity index is 1.65. The molecule has 0 spiro atoms. The van der Waals surface area contributed by atoms with E-state index in [4.69, 9.17) is 0 Å². The number of nitrogens with one attached hydrogen (secondary N) is 1. The predicted molar refractivity (Wildman–Crippen MR) is 56.7 cm³/mol. The maximum absolute atomic E-state index is 3.56. The molecule has 0 bridgehead atoms. The van der Waals surface area contributed by atoms with Gasteiger partial charge in [0.2, 0.25) is 0 Å². The van der Waals surface area contributed by atoms with Crippen LogP contribution >= 0.6 is 0 Å². The lowest BCUT2D eigenvalue weighted by atomic mass is 10.0. The van der Waals surface area contributed by atoms with Crippen LogP contribution in [0.25, 0.3) is 0 Å². The topological polar surface area (TPSA) is 12.0 Å². The van der Waals surface area contributed by atoms with Crippen LogP contribution in [0.1, 0.15) is 39.5 Å². The number of hydrogen-bond acceptors (Lipinski definition) is 1. The summed E-state index contributed by atoms with van der Waals surface area (Å²) in [6.45, 7) is 6.66. The highest BCUT2D eigenvalue weighted by Crippen LogP contribution is 2.60. The molecule has 74 valence electrons. The van der Waals surface area contributed by atoms with Crippen LogP contribution in [0.15, 0.2) is 11.6 Å². The Morgan fingerprint density at radius 2 is 2.08 bits per heavy atom. The first-order chi connectivity index (χ1) is 6.23. The average Bonchev–Trinajstić information content (AvgIpc) is 2.88. The van der Waals surface area contributed by atoms with E-state index in [2.05, 4.69) is 25.2 Å². The van der Waals surface area contributed by atoms with Gasteiger partial charge in [0.05, 0.1) is 0 Å². The van der Waals surface area contributed by atoms with Crippen molar-refractivity contribution < 1.29 is 0 Å². The zero-order valence-corrected chi connectivity index (χ0v) is 8.90. The van der Waals surface area contributed by atoms with Gasteiger partial charge in [-0.3, -0.25) is 0 Å². The van der Waals surface area contributed by atoms with E-state index in [0.717, 1.165) is 17.9 Å². The third-order valence-corrected chi connectivity index (χ3v) is 3.47. The first-order valence-electron chi connectivity index (χ1n) is 5.57. The molecule has 0 aliphatic heterocycles. The second-order valence-corrected chi connectivity index (χ2v) is 5.05. The first-order valence-corrected chi connectivity index (χ1v) is 5.57. The Labute approximate surface area is 81.6 Å². The van der Waals surface area contributed by atoms with Gasteiger partial charge < -0.3 is 5.32 Å². The molecule has 2 aliphatic rings. The minimum atomic E-state index is 0.759. The highest BCUT2D eigenvalue weighted by Gasteiger charge is 2.52. The lowest BCUT2D eigenvalue weighted by Gasteiger charge is -2.13. The van der Waals surface area contributed by atoms with Crippen LogP contribution in [0, 0.1) is 11.3 Å². The summed E-state index contributed by atoms with van der Waals surface area (Å²) in [6.07, 6.45) is 8.26. The highest BCUT2D eigenvalue weighted by molar-refractivity contribution is 5.05. The Kier molecular flexibility index (Phi) is 2.46. The molecule has 0 amide bonds. The standard InChI is InChI=1S/C12H21N/c1-10(2)5-8-13-9-12(6-7-12)11-3-4-11/h5,11,13H,3-4,6-9H2,1-2H3. The smallest absolute Gasteiger partial charge is 0.0137 e. The van der Waals surface area contributed by atoms with Gasteiger partial charge in [0.15, 0.2) is 0 Å². The lowest BCUT2D eigenvalue weighted by Crippen LogP contribution is -2.25. The molecule has 0 aromatic heterocycles. The van der Waals surface area contributed by atoms with Gasteiger partial charge in [0, 0.05) is 13.1 Å². The van der Waals surface area contributed by atoms with Crippen molar-refractivity contribution in [2.24, 2.45) is 11.3 Å². The van der Waals surface area contributed by atoms with Crippen LogP contribution in [-0.2, 0) is 0 Å². The van der Waals surface area contributed by atoms with Crippen molar-refractivity contribution in [3.63, 3.8) is 0 Å². The summed E-state index contributed by atoms with van der Waals surface area (Å²) in [7, 11) is 0. The van der Waals surface area contributed by atoms with Gasteiger partial charge in [-0.25, -0.2) is 0 Å². The molecule has 1 nitrogen and oxygen atoms in total. The summed E-state index contributed by atoms with van der Waals surface area (Å²) in [4.78, 5) is 0. The van der Waals surface area contributed by atoms with Crippen molar-refractivity contribution in [2.45, 2.75) is 39.5 Å². The van der Waals surface area contributed by atoms with E-state index < -0.39 is 0 Å². The van der Waals surface area contributed by atoms with Crippen molar-refractivity contribution in [3.05, 3.63) is 11.6 Å². The zero-order valence-electron chi connectivity index (χ0n) is 8.90.